The Morgan fingerprint density at radius 2 is 1.88 bits per heavy atom. The van der Waals surface area contributed by atoms with Crippen molar-refractivity contribution in [2.24, 2.45) is 5.92 Å². The molecule has 0 saturated carbocycles. The number of hydrogen-bond acceptors (Lipinski definition) is 3. The SMILES string of the molecule is CC1CC[NH+](Cc2c([O-])ccc3c2O/C(=C\c2ccccc2)C3=O)CC1. The number of allylic oxidation sites excluding steroid dienone is 1. The molecule has 0 bridgehead atoms. The van der Waals surface area contributed by atoms with Crippen molar-refractivity contribution in [1.29, 1.82) is 0 Å². The zero-order valence-electron chi connectivity index (χ0n) is 15.0. The molecule has 1 N–H and O–H groups in total. The number of nitrogens with one attached hydrogen (secondary N) is 1. The first kappa shape index (κ1) is 16.9. The minimum Gasteiger partial charge on any atom is -0.872 e. The summed E-state index contributed by atoms with van der Waals surface area (Å²) in [6.07, 6.45) is 4.10. The predicted molar refractivity (Wildman–Crippen MR) is 98.1 cm³/mol. The zero-order valence-corrected chi connectivity index (χ0v) is 15.0. The van der Waals surface area contributed by atoms with Crippen LogP contribution in [-0.4, -0.2) is 18.9 Å². The molecular formula is C22H23NO3. The molecule has 0 aromatic heterocycles. The molecule has 1 fully saturated rings. The van der Waals surface area contributed by atoms with Crippen molar-refractivity contribution in [2.75, 3.05) is 13.1 Å². The molecule has 2 aromatic carbocycles. The van der Waals surface area contributed by atoms with Gasteiger partial charge in [-0.15, -0.1) is 0 Å². The van der Waals surface area contributed by atoms with Crippen LogP contribution >= 0.6 is 0 Å². The normalized spacial score (nSPS) is 23.7. The van der Waals surface area contributed by atoms with Gasteiger partial charge in [-0.1, -0.05) is 49.1 Å². The number of benzene rings is 2. The number of ketones is 1. The molecule has 2 aromatic rings. The fourth-order valence-corrected chi connectivity index (χ4v) is 3.75. The van der Waals surface area contributed by atoms with Crippen LogP contribution < -0.4 is 14.7 Å². The summed E-state index contributed by atoms with van der Waals surface area (Å²) in [4.78, 5) is 14.1. The van der Waals surface area contributed by atoms with Crippen molar-refractivity contribution in [3.05, 3.63) is 64.9 Å². The van der Waals surface area contributed by atoms with Gasteiger partial charge in [-0.3, -0.25) is 4.79 Å². The number of carbonyl (C=O) groups excluding carboxylic acids is 1. The van der Waals surface area contributed by atoms with E-state index >= 15 is 0 Å². The van der Waals surface area contributed by atoms with Gasteiger partial charge in [0.05, 0.1) is 18.7 Å². The van der Waals surface area contributed by atoms with Crippen LogP contribution in [0.25, 0.3) is 6.08 Å². The molecule has 0 unspecified atom stereocenters. The number of fused-ring (bicyclic) bond motifs is 1. The highest BCUT2D eigenvalue weighted by Crippen LogP contribution is 2.38. The van der Waals surface area contributed by atoms with E-state index in [9.17, 15) is 9.90 Å². The summed E-state index contributed by atoms with van der Waals surface area (Å²) >= 11 is 0. The van der Waals surface area contributed by atoms with E-state index in [1.807, 2.05) is 30.3 Å². The van der Waals surface area contributed by atoms with Crippen molar-refractivity contribution >= 4 is 11.9 Å². The lowest BCUT2D eigenvalue weighted by Crippen LogP contribution is -3.11. The minimum atomic E-state index is -0.146. The maximum absolute atomic E-state index is 12.7. The predicted octanol–water partition coefficient (Wildman–Crippen LogP) is 2.19. The molecule has 0 spiro atoms. The second-order valence-electron chi connectivity index (χ2n) is 7.38. The van der Waals surface area contributed by atoms with Crippen LogP contribution in [0.15, 0.2) is 48.2 Å². The van der Waals surface area contributed by atoms with Crippen LogP contribution in [0.2, 0.25) is 0 Å². The van der Waals surface area contributed by atoms with E-state index in [2.05, 4.69) is 6.92 Å². The molecule has 26 heavy (non-hydrogen) atoms. The number of piperidine rings is 1. The Morgan fingerprint density at radius 3 is 2.62 bits per heavy atom. The van der Waals surface area contributed by atoms with E-state index in [1.165, 1.54) is 23.8 Å². The summed E-state index contributed by atoms with van der Waals surface area (Å²) in [5.74, 6) is 1.33. The van der Waals surface area contributed by atoms with Crippen molar-refractivity contribution in [1.82, 2.24) is 0 Å². The van der Waals surface area contributed by atoms with Gasteiger partial charge in [-0.25, -0.2) is 0 Å². The molecule has 134 valence electrons. The number of Topliss-reactive ketones (excluding diaryl/α,β-unsaturated/α-hetero) is 1. The number of rotatable bonds is 3. The lowest BCUT2D eigenvalue weighted by molar-refractivity contribution is -0.919. The third kappa shape index (κ3) is 3.25. The van der Waals surface area contributed by atoms with Gasteiger partial charge in [0, 0.05) is 5.56 Å². The summed E-state index contributed by atoms with van der Waals surface area (Å²) in [5, 5.41) is 12.5. The molecule has 2 heterocycles. The van der Waals surface area contributed by atoms with E-state index in [0.29, 0.717) is 29.2 Å². The monoisotopic (exact) mass is 349 g/mol. The quantitative estimate of drug-likeness (QED) is 0.865. The van der Waals surface area contributed by atoms with Gasteiger partial charge in [0.2, 0.25) is 5.78 Å². The smallest absolute Gasteiger partial charge is 0.231 e. The van der Waals surface area contributed by atoms with Crippen LogP contribution in [0.5, 0.6) is 11.5 Å². The average molecular weight is 349 g/mol. The molecule has 4 nitrogen and oxygen atoms in total. The molecule has 0 radical (unpaired) electrons. The first-order valence-corrected chi connectivity index (χ1v) is 9.27. The van der Waals surface area contributed by atoms with Gasteiger partial charge in [-0.2, -0.15) is 0 Å². The number of ether oxygens (including phenoxy) is 1. The Bertz CT molecular complexity index is 849. The molecule has 4 heteroatoms. The average Bonchev–Trinajstić information content (AvgIpc) is 2.96. The topological polar surface area (TPSA) is 53.8 Å². The van der Waals surface area contributed by atoms with E-state index in [-0.39, 0.29) is 11.5 Å². The number of carbonyl (C=O) groups is 1. The van der Waals surface area contributed by atoms with Gasteiger partial charge in [-0.05, 0) is 36.5 Å². The van der Waals surface area contributed by atoms with Gasteiger partial charge in [0.1, 0.15) is 12.3 Å². The largest absolute Gasteiger partial charge is 0.872 e. The standard InChI is InChI=1S/C22H23NO3/c1-15-9-11-23(12-10-15)14-18-19(24)8-7-17-21(25)20(26-22(17)18)13-16-5-3-2-4-6-16/h2-8,13,15,24H,9-12,14H2,1H3/b20-13-. The van der Waals surface area contributed by atoms with Crippen LogP contribution in [0.1, 0.15) is 41.3 Å². The zero-order chi connectivity index (χ0) is 18.1. The van der Waals surface area contributed by atoms with E-state index in [4.69, 9.17) is 4.74 Å². The van der Waals surface area contributed by atoms with Crippen LogP contribution in [0.3, 0.4) is 0 Å². The Morgan fingerprint density at radius 1 is 1.15 bits per heavy atom. The highest BCUT2D eigenvalue weighted by atomic mass is 16.5. The molecule has 2 aliphatic rings. The highest BCUT2D eigenvalue weighted by Gasteiger charge is 2.31. The van der Waals surface area contributed by atoms with Gasteiger partial charge >= 0.3 is 0 Å². The van der Waals surface area contributed by atoms with Crippen molar-refractivity contribution in [3.63, 3.8) is 0 Å². The van der Waals surface area contributed by atoms with Crippen molar-refractivity contribution in [2.45, 2.75) is 26.3 Å². The summed E-state index contributed by atoms with van der Waals surface area (Å²) in [7, 11) is 0. The molecule has 0 atom stereocenters. The lowest BCUT2D eigenvalue weighted by atomic mass is 9.98. The number of likely N-dealkylation sites (tertiary alicyclic amines) is 1. The van der Waals surface area contributed by atoms with Gasteiger partial charge < -0.3 is 14.7 Å². The van der Waals surface area contributed by atoms with Crippen molar-refractivity contribution in [3.8, 4) is 11.5 Å². The Hall–Kier alpha value is -2.59. The molecule has 0 aliphatic carbocycles. The number of hydrogen-bond donors (Lipinski definition) is 1. The molecule has 1 saturated heterocycles. The van der Waals surface area contributed by atoms with E-state index in [0.717, 1.165) is 24.6 Å². The fraction of sp³-hybridized carbons (Fsp3) is 0.318. The highest BCUT2D eigenvalue weighted by molar-refractivity contribution is 6.14. The first-order valence-electron chi connectivity index (χ1n) is 9.27. The molecule has 0 amide bonds. The van der Waals surface area contributed by atoms with Crippen LogP contribution in [0.4, 0.5) is 0 Å². The first-order chi connectivity index (χ1) is 12.6. The Labute approximate surface area is 153 Å². The van der Waals surface area contributed by atoms with E-state index in [1.54, 1.807) is 12.1 Å². The third-order valence-corrected chi connectivity index (χ3v) is 5.40. The summed E-state index contributed by atoms with van der Waals surface area (Å²) in [6, 6.07) is 12.7. The second kappa shape index (κ2) is 6.96. The van der Waals surface area contributed by atoms with Gasteiger partial charge in [0.25, 0.3) is 0 Å². The van der Waals surface area contributed by atoms with Gasteiger partial charge in [0.15, 0.2) is 5.76 Å². The minimum absolute atomic E-state index is 0.0383. The summed E-state index contributed by atoms with van der Waals surface area (Å²) < 4.78 is 5.90. The van der Waals surface area contributed by atoms with Crippen LogP contribution in [-0.2, 0) is 6.54 Å². The Kier molecular flexibility index (Phi) is 4.51. The fourth-order valence-electron chi connectivity index (χ4n) is 3.75. The maximum Gasteiger partial charge on any atom is 0.231 e. The van der Waals surface area contributed by atoms with Crippen molar-refractivity contribution < 1.29 is 19.5 Å². The maximum atomic E-state index is 12.7. The molecular weight excluding hydrogens is 326 g/mol. The lowest BCUT2D eigenvalue weighted by Gasteiger charge is -2.29. The summed E-state index contributed by atoms with van der Waals surface area (Å²) in [6.45, 7) is 5.02. The molecule has 4 rings (SSSR count). The summed E-state index contributed by atoms with van der Waals surface area (Å²) in [5.41, 5.74) is 2.05. The third-order valence-electron chi connectivity index (χ3n) is 5.40. The molecule has 2 aliphatic heterocycles. The second-order valence-corrected chi connectivity index (χ2v) is 7.38. The number of quaternary nitrogens is 1. The van der Waals surface area contributed by atoms with E-state index < -0.39 is 0 Å². The Balaban J connectivity index is 1.62. The van der Waals surface area contributed by atoms with Crippen LogP contribution in [0, 0.1) is 5.92 Å².